The van der Waals surface area contributed by atoms with Gasteiger partial charge in [0.05, 0.1) is 43.5 Å². The van der Waals surface area contributed by atoms with Gasteiger partial charge in [0.25, 0.3) is 0 Å². The zero-order valence-corrected chi connectivity index (χ0v) is 29.7. The van der Waals surface area contributed by atoms with Crippen molar-refractivity contribution in [2.24, 2.45) is 5.41 Å². The lowest BCUT2D eigenvalue weighted by Gasteiger charge is -2.53. The molecule has 11 nitrogen and oxygen atoms in total. The second-order valence-electron chi connectivity index (χ2n) is 15.1. The van der Waals surface area contributed by atoms with Crippen LogP contribution in [0.4, 0.5) is 14.6 Å². The Bertz CT molecular complexity index is 1960. The van der Waals surface area contributed by atoms with Gasteiger partial charge >= 0.3 is 6.01 Å². The summed E-state index contributed by atoms with van der Waals surface area (Å²) in [5.41, 5.74) is 0.397. The number of methoxy groups -OCH3 is 1. The van der Waals surface area contributed by atoms with Crippen molar-refractivity contribution in [2.45, 2.75) is 88.7 Å². The van der Waals surface area contributed by atoms with Crippen LogP contribution in [0.25, 0.3) is 32.9 Å². The number of phenols is 1. The van der Waals surface area contributed by atoms with Gasteiger partial charge in [-0.3, -0.25) is 9.88 Å². The Morgan fingerprint density at radius 2 is 1.92 bits per heavy atom. The number of likely N-dealkylation sites (tertiary alicyclic amines) is 1. The molecule has 4 aromatic rings. The number of pyridine rings is 1. The maximum absolute atomic E-state index is 17.1. The summed E-state index contributed by atoms with van der Waals surface area (Å²) in [6.45, 7) is 3.31. The van der Waals surface area contributed by atoms with E-state index in [0.717, 1.165) is 51.5 Å². The van der Waals surface area contributed by atoms with E-state index in [-0.39, 0.29) is 65.6 Å². The topological polar surface area (TPSA) is 134 Å². The summed E-state index contributed by atoms with van der Waals surface area (Å²) in [5, 5.41) is 32.7. The molecule has 0 spiro atoms. The number of phenolic OH excluding ortho intramolecular Hbond substituents is 1. The molecule has 13 heteroatoms. The fraction of sp³-hybridized carbons (Fsp3) is 0.564. The maximum atomic E-state index is 17.1. The normalized spacial score (nSPS) is 28.2. The van der Waals surface area contributed by atoms with E-state index >= 15 is 8.78 Å². The average molecular weight is 720 g/mol. The van der Waals surface area contributed by atoms with Gasteiger partial charge in [-0.05, 0) is 86.0 Å². The molecule has 52 heavy (non-hydrogen) atoms. The van der Waals surface area contributed by atoms with Crippen molar-refractivity contribution in [3.8, 4) is 23.0 Å². The Morgan fingerprint density at radius 1 is 1.10 bits per heavy atom. The van der Waals surface area contributed by atoms with E-state index in [1.807, 2.05) is 6.92 Å². The Balaban J connectivity index is 1.22. The van der Waals surface area contributed by atoms with Crippen molar-refractivity contribution in [1.82, 2.24) is 19.9 Å². The van der Waals surface area contributed by atoms with Crippen molar-refractivity contribution >= 4 is 27.5 Å². The smallest absolute Gasteiger partial charge is 0.319 e. The lowest BCUT2D eigenvalue weighted by Crippen LogP contribution is -2.59. The first-order valence-electron chi connectivity index (χ1n) is 18.6. The molecular weight excluding hydrogens is 672 g/mol. The van der Waals surface area contributed by atoms with Crippen molar-refractivity contribution in [1.29, 1.82) is 0 Å². The van der Waals surface area contributed by atoms with E-state index in [2.05, 4.69) is 14.9 Å². The highest BCUT2D eigenvalue weighted by atomic mass is 19.1. The molecule has 2 aliphatic carbocycles. The number of nitrogens with zero attached hydrogens (tertiary/aromatic N) is 5. The van der Waals surface area contributed by atoms with Gasteiger partial charge in [0.2, 0.25) is 0 Å². The summed E-state index contributed by atoms with van der Waals surface area (Å²) in [5.74, 6) is -1.00. The van der Waals surface area contributed by atoms with E-state index < -0.39 is 23.8 Å². The van der Waals surface area contributed by atoms with Crippen molar-refractivity contribution in [2.75, 3.05) is 51.5 Å². The number of piperidine rings is 1. The molecule has 2 saturated heterocycles. The summed E-state index contributed by atoms with van der Waals surface area (Å²) < 4.78 is 50.0. The molecule has 4 aliphatic rings. The number of aliphatic hydroxyl groups excluding tert-OH is 2. The molecule has 4 fully saturated rings. The Hall–Kier alpha value is -3.75. The number of aromatic nitrogens is 3. The summed E-state index contributed by atoms with van der Waals surface area (Å²) in [4.78, 5) is 18.5. The number of aryl methyl sites for hydroxylation is 1. The third kappa shape index (κ3) is 6.23. The van der Waals surface area contributed by atoms with Crippen LogP contribution in [0.1, 0.15) is 57.4 Å². The zero-order valence-electron chi connectivity index (χ0n) is 29.7. The molecule has 2 aromatic carbocycles. The first-order chi connectivity index (χ1) is 25.2. The molecule has 0 radical (unpaired) electrons. The number of aliphatic hydroxyl groups is 2. The lowest BCUT2D eigenvalue weighted by atomic mass is 9.73. The number of rotatable bonds is 9. The molecule has 4 heterocycles. The Morgan fingerprint density at radius 3 is 2.71 bits per heavy atom. The van der Waals surface area contributed by atoms with E-state index in [1.165, 1.54) is 24.4 Å². The number of aromatic hydroxyl groups is 1. The predicted octanol–water partition coefficient (Wildman–Crippen LogP) is 5.14. The van der Waals surface area contributed by atoms with Crippen molar-refractivity contribution in [3.05, 3.63) is 47.7 Å². The first-order valence-corrected chi connectivity index (χ1v) is 18.6. The summed E-state index contributed by atoms with van der Waals surface area (Å²) in [6, 6.07) is 6.70. The maximum Gasteiger partial charge on any atom is 0.319 e. The minimum absolute atomic E-state index is 0.0000480. The monoisotopic (exact) mass is 719 g/mol. The second kappa shape index (κ2) is 14.2. The van der Waals surface area contributed by atoms with E-state index in [0.29, 0.717) is 53.4 Å². The number of hydrogen-bond donors (Lipinski definition) is 3. The quantitative estimate of drug-likeness (QED) is 0.212. The van der Waals surface area contributed by atoms with Gasteiger partial charge in [0.1, 0.15) is 28.6 Å². The van der Waals surface area contributed by atoms with E-state index in [9.17, 15) is 15.3 Å². The summed E-state index contributed by atoms with van der Waals surface area (Å²) in [7, 11) is 1.78. The molecule has 4 atom stereocenters. The van der Waals surface area contributed by atoms with Gasteiger partial charge in [0.15, 0.2) is 5.82 Å². The molecular formula is C39H47F2N5O6. The Labute approximate surface area is 301 Å². The summed E-state index contributed by atoms with van der Waals surface area (Å²) in [6.07, 6.45) is 8.01. The number of hydrogen-bond acceptors (Lipinski definition) is 11. The molecule has 2 aromatic heterocycles. The van der Waals surface area contributed by atoms with Crippen LogP contribution < -0.4 is 9.64 Å². The highest BCUT2D eigenvalue weighted by Gasteiger charge is 2.51. The predicted molar refractivity (Wildman–Crippen MR) is 192 cm³/mol. The highest BCUT2D eigenvalue weighted by Crippen LogP contribution is 2.50. The third-order valence-corrected chi connectivity index (χ3v) is 12.0. The fourth-order valence-corrected chi connectivity index (χ4v) is 9.34. The van der Waals surface area contributed by atoms with Crippen LogP contribution in [-0.2, 0) is 15.9 Å². The van der Waals surface area contributed by atoms with Crippen LogP contribution in [0.3, 0.4) is 0 Å². The van der Waals surface area contributed by atoms with E-state index in [1.54, 1.807) is 18.1 Å². The van der Waals surface area contributed by atoms with Gasteiger partial charge in [-0.25, -0.2) is 8.78 Å². The lowest BCUT2D eigenvalue weighted by molar-refractivity contribution is -0.0845. The molecule has 278 valence electrons. The van der Waals surface area contributed by atoms with Crippen LogP contribution in [0.2, 0.25) is 0 Å². The third-order valence-electron chi connectivity index (χ3n) is 12.0. The molecule has 0 amide bonds. The second-order valence-corrected chi connectivity index (χ2v) is 15.1. The van der Waals surface area contributed by atoms with Crippen molar-refractivity contribution < 1.29 is 38.3 Å². The van der Waals surface area contributed by atoms with Crippen LogP contribution in [0.15, 0.2) is 30.5 Å². The standard InChI is InChI=1S/C39H47F2N5O6/c1-3-28-31(40)8-7-22-12-24(48)15-29(33(22)28)35-34(41)36-30(16-42-35)37(45-17-25(49)20-51-27(18-45)19-47)44-38(43-36)52-21-39-9-4-6-32(39)46(11-5-10-39)23-13-26(14-23)50-2/h7-8,12,15-16,23,25-27,32,47-49H,3-6,9-11,13-14,17-21H2,1-2H3/t23?,25?,26?,27-,32?,39?/m1/s1. The molecule has 2 saturated carbocycles. The van der Waals surface area contributed by atoms with Gasteiger partial charge in [0, 0.05) is 49.5 Å². The number of ether oxygens (including phenoxy) is 3. The molecule has 3 unspecified atom stereocenters. The largest absolute Gasteiger partial charge is 0.508 e. The number of β-amino-alcohol motifs (C(OH)–C–C–N with tert-alkyl or cyclic N) is 1. The minimum Gasteiger partial charge on any atom is -0.508 e. The molecule has 3 N–H and O–H groups in total. The van der Waals surface area contributed by atoms with Gasteiger partial charge in [-0.2, -0.15) is 9.97 Å². The van der Waals surface area contributed by atoms with Crippen molar-refractivity contribution in [3.63, 3.8) is 0 Å². The van der Waals surface area contributed by atoms with Crippen LogP contribution in [0.5, 0.6) is 11.8 Å². The van der Waals surface area contributed by atoms with E-state index in [4.69, 9.17) is 19.2 Å². The van der Waals surface area contributed by atoms with Gasteiger partial charge in [-0.1, -0.05) is 19.4 Å². The zero-order chi connectivity index (χ0) is 36.1. The molecule has 0 bridgehead atoms. The first kappa shape index (κ1) is 35.3. The SMILES string of the molecule is CCc1c(F)ccc2cc(O)cc(-c3ncc4c(N5CC(O)CO[C@@H](CO)C5)nc(OCC56CCCC5N(C5CC(OC)C5)CCC6)nc4c3F)c12. The van der Waals surface area contributed by atoms with Gasteiger partial charge < -0.3 is 34.4 Å². The van der Waals surface area contributed by atoms with Crippen LogP contribution in [0, 0.1) is 17.0 Å². The average Bonchev–Trinajstić information content (AvgIpc) is 3.47. The highest BCUT2D eigenvalue weighted by molar-refractivity contribution is 6.01. The summed E-state index contributed by atoms with van der Waals surface area (Å²) >= 11 is 0. The fourth-order valence-electron chi connectivity index (χ4n) is 9.34. The Kier molecular flexibility index (Phi) is 9.66. The van der Waals surface area contributed by atoms with Crippen LogP contribution in [-0.4, -0.2) is 112 Å². The molecule has 2 aliphatic heterocycles. The number of benzene rings is 2. The number of fused-ring (bicyclic) bond motifs is 3. The van der Waals surface area contributed by atoms with Gasteiger partial charge in [-0.15, -0.1) is 0 Å². The van der Waals surface area contributed by atoms with Crippen LogP contribution >= 0.6 is 0 Å². The molecule has 8 rings (SSSR count). The number of anilines is 1. The minimum atomic E-state index is -0.889. The number of halogens is 2.